The van der Waals surface area contributed by atoms with E-state index in [2.05, 4.69) is 38.4 Å². The molecule has 23 heavy (non-hydrogen) atoms. The molecule has 2 aliphatic rings. The normalized spacial score (nSPS) is 19.8. The van der Waals surface area contributed by atoms with E-state index >= 15 is 0 Å². The summed E-state index contributed by atoms with van der Waals surface area (Å²) < 4.78 is 5.63. The van der Waals surface area contributed by atoms with Gasteiger partial charge in [-0.3, -0.25) is 0 Å². The lowest BCUT2D eigenvalue weighted by Crippen LogP contribution is -2.22. The lowest BCUT2D eigenvalue weighted by atomic mass is 10.2. The van der Waals surface area contributed by atoms with Gasteiger partial charge in [-0.25, -0.2) is 9.97 Å². The van der Waals surface area contributed by atoms with Gasteiger partial charge in [-0.2, -0.15) is 0 Å². The number of anilines is 4. The second-order valence-electron chi connectivity index (χ2n) is 6.01. The van der Waals surface area contributed by atoms with Crippen molar-refractivity contribution in [1.29, 1.82) is 0 Å². The Morgan fingerprint density at radius 3 is 3.09 bits per heavy atom. The van der Waals surface area contributed by atoms with E-state index in [1.165, 1.54) is 11.3 Å². The predicted molar refractivity (Wildman–Crippen MR) is 91.1 cm³/mol. The molecule has 120 valence electrons. The minimum Gasteiger partial charge on any atom is -0.393 e. The molecule has 1 aromatic carbocycles. The van der Waals surface area contributed by atoms with Crippen LogP contribution in [0.5, 0.6) is 0 Å². The van der Waals surface area contributed by atoms with E-state index in [1.54, 1.807) is 6.33 Å². The third kappa shape index (κ3) is 2.70. The van der Waals surface area contributed by atoms with Gasteiger partial charge >= 0.3 is 0 Å². The molecule has 1 fully saturated rings. The molecule has 3 heterocycles. The third-order valence-corrected chi connectivity index (χ3v) is 4.53. The molecule has 4 rings (SSSR count). The maximum absolute atomic E-state index is 6.34. The van der Waals surface area contributed by atoms with Crippen LogP contribution in [0.15, 0.2) is 30.6 Å². The van der Waals surface area contributed by atoms with Crippen molar-refractivity contribution in [2.45, 2.75) is 25.4 Å². The Hall–Kier alpha value is -2.34. The number of ether oxygens (including phenoxy) is 1. The minimum absolute atomic E-state index is 0.250. The zero-order valence-corrected chi connectivity index (χ0v) is 13.0. The quantitative estimate of drug-likeness (QED) is 0.902. The van der Waals surface area contributed by atoms with Gasteiger partial charge in [-0.1, -0.05) is 18.2 Å². The van der Waals surface area contributed by atoms with Crippen molar-refractivity contribution in [3.05, 3.63) is 36.2 Å². The van der Waals surface area contributed by atoms with Gasteiger partial charge in [0.1, 0.15) is 12.0 Å². The molecule has 1 saturated heterocycles. The fourth-order valence-corrected chi connectivity index (χ4v) is 3.32. The molecule has 0 aliphatic carbocycles. The van der Waals surface area contributed by atoms with Crippen LogP contribution in [0.4, 0.5) is 23.0 Å². The molecule has 0 saturated carbocycles. The number of rotatable bonds is 4. The van der Waals surface area contributed by atoms with Gasteiger partial charge < -0.3 is 20.7 Å². The van der Waals surface area contributed by atoms with Crippen LogP contribution >= 0.6 is 0 Å². The molecule has 6 nitrogen and oxygen atoms in total. The second kappa shape index (κ2) is 6.04. The Kier molecular flexibility index (Phi) is 3.75. The molecule has 0 radical (unpaired) electrons. The summed E-state index contributed by atoms with van der Waals surface area (Å²) in [5.41, 5.74) is 9.45. The predicted octanol–water partition coefficient (Wildman–Crippen LogP) is 2.34. The second-order valence-corrected chi connectivity index (χ2v) is 6.01. The number of fused-ring (bicyclic) bond motifs is 1. The zero-order chi connectivity index (χ0) is 15.6. The first-order valence-electron chi connectivity index (χ1n) is 8.14. The van der Waals surface area contributed by atoms with Crippen LogP contribution in [0.2, 0.25) is 0 Å². The molecule has 0 bridgehead atoms. The Labute approximate surface area is 135 Å². The summed E-state index contributed by atoms with van der Waals surface area (Å²) in [5, 5.41) is 3.31. The summed E-state index contributed by atoms with van der Waals surface area (Å²) in [7, 11) is 0. The fraction of sp³-hybridized carbons (Fsp3) is 0.412. The largest absolute Gasteiger partial charge is 0.393 e. The van der Waals surface area contributed by atoms with Gasteiger partial charge in [0.05, 0.1) is 6.10 Å². The van der Waals surface area contributed by atoms with Gasteiger partial charge in [0.15, 0.2) is 11.6 Å². The van der Waals surface area contributed by atoms with E-state index in [0.717, 1.165) is 44.8 Å². The number of benzene rings is 1. The standard InChI is InChI=1S/C17H21N5O/c18-15-16(19-10-13-5-3-9-23-13)20-11-21-17(15)22-8-7-12-4-1-2-6-14(12)22/h1-2,4,6,11,13H,3,5,7-10,18H2,(H,19,20,21). The van der Waals surface area contributed by atoms with Gasteiger partial charge in [-0.15, -0.1) is 0 Å². The molecule has 6 heteroatoms. The van der Waals surface area contributed by atoms with Crippen molar-refractivity contribution in [2.75, 3.05) is 35.6 Å². The Morgan fingerprint density at radius 2 is 2.22 bits per heavy atom. The van der Waals surface area contributed by atoms with E-state index in [4.69, 9.17) is 10.5 Å². The Morgan fingerprint density at radius 1 is 1.30 bits per heavy atom. The molecule has 1 aromatic heterocycles. The van der Waals surface area contributed by atoms with Crippen molar-refractivity contribution in [1.82, 2.24) is 9.97 Å². The van der Waals surface area contributed by atoms with Crippen molar-refractivity contribution in [2.24, 2.45) is 0 Å². The van der Waals surface area contributed by atoms with Crippen molar-refractivity contribution < 1.29 is 4.74 Å². The Balaban J connectivity index is 1.57. The van der Waals surface area contributed by atoms with E-state index < -0.39 is 0 Å². The summed E-state index contributed by atoms with van der Waals surface area (Å²) in [6.45, 7) is 2.48. The summed E-state index contributed by atoms with van der Waals surface area (Å²) in [6, 6.07) is 8.39. The molecule has 1 unspecified atom stereocenters. The van der Waals surface area contributed by atoms with Crippen molar-refractivity contribution in [3.63, 3.8) is 0 Å². The van der Waals surface area contributed by atoms with Gasteiger partial charge in [0.2, 0.25) is 0 Å². The number of nitrogens with one attached hydrogen (secondary N) is 1. The monoisotopic (exact) mass is 311 g/mol. The third-order valence-electron chi connectivity index (χ3n) is 4.53. The van der Waals surface area contributed by atoms with Gasteiger partial charge in [0.25, 0.3) is 0 Å². The number of para-hydroxylation sites is 1. The number of nitrogens with two attached hydrogens (primary N) is 1. The number of hydrogen-bond acceptors (Lipinski definition) is 6. The highest BCUT2D eigenvalue weighted by molar-refractivity contribution is 5.81. The van der Waals surface area contributed by atoms with Crippen LogP contribution in [0.1, 0.15) is 18.4 Å². The molecular formula is C17H21N5O. The van der Waals surface area contributed by atoms with Crippen molar-refractivity contribution in [3.8, 4) is 0 Å². The topological polar surface area (TPSA) is 76.3 Å². The highest BCUT2D eigenvalue weighted by Crippen LogP contribution is 2.37. The molecule has 2 aromatic rings. The lowest BCUT2D eigenvalue weighted by molar-refractivity contribution is 0.120. The van der Waals surface area contributed by atoms with Crippen LogP contribution in [0, 0.1) is 0 Å². The number of hydrogen-bond donors (Lipinski definition) is 2. The zero-order valence-electron chi connectivity index (χ0n) is 13.0. The van der Waals surface area contributed by atoms with Crippen molar-refractivity contribution >= 4 is 23.0 Å². The molecule has 0 amide bonds. The summed E-state index contributed by atoms with van der Waals surface area (Å²) >= 11 is 0. The smallest absolute Gasteiger partial charge is 0.161 e. The van der Waals surface area contributed by atoms with Crippen LogP contribution in [0.3, 0.4) is 0 Å². The highest BCUT2D eigenvalue weighted by atomic mass is 16.5. The van der Waals surface area contributed by atoms with E-state index in [0.29, 0.717) is 11.5 Å². The molecule has 1 atom stereocenters. The lowest BCUT2D eigenvalue weighted by Gasteiger charge is -2.21. The first kappa shape index (κ1) is 14.3. The average molecular weight is 311 g/mol. The highest BCUT2D eigenvalue weighted by Gasteiger charge is 2.24. The first-order chi connectivity index (χ1) is 11.3. The number of nitrogens with zero attached hydrogens (tertiary/aromatic N) is 3. The van der Waals surface area contributed by atoms with E-state index in [1.807, 2.05) is 6.07 Å². The van der Waals surface area contributed by atoms with Gasteiger partial charge in [0, 0.05) is 25.4 Å². The minimum atomic E-state index is 0.250. The number of aromatic nitrogens is 2. The Bertz CT molecular complexity index is 699. The van der Waals surface area contributed by atoms with Crippen LogP contribution in [0.25, 0.3) is 0 Å². The maximum Gasteiger partial charge on any atom is 0.161 e. The maximum atomic E-state index is 6.34. The molecular weight excluding hydrogens is 290 g/mol. The molecule has 0 spiro atoms. The summed E-state index contributed by atoms with van der Waals surface area (Å²) in [6.07, 6.45) is 5.05. The van der Waals surface area contributed by atoms with Crippen LogP contribution < -0.4 is 16.0 Å². The van der Waals surface area contributed by atoms with Crippen LogP contribution in [-0.4, -0.2) is 35.8 Å². The number of nitrogen functional groups attached to an aromatic ring is 1. The SMILES string of the molecule is Nc1c(NCC2CCCO2)ncnc1N1CCc2ccccc21. The fourth-order valence-electron chi connectivity index (χ4n) is 3.32. The van der Waals surface area contributed by atoms with E-state index in [-0.39, 0.29) is 6.10 Å². The molecule has 2 aliphatic heterocycles. The summed E-state index contributed by atoms with van der Waals surface area (Å²) in [4.78, 5) is 10.9. The summed E-state index contributed by atoms with van der Waals surface area (Å²) in [5.74, 6) is 1.47. The first-order valence-corrected chi connectivity index (χ1v) is 8.14. The van der Waals surface area contributed by atoms with Crippen LogP contribution in [-0.2, 0) is 11.2 Å². The molecule has 3 N–H and O–H groups in total. The van der Waals surface area contributed by atoms with E-state index in [9.17, 15) is 0 Å². The average Bonchev–Trinajstić information content (AvgIpc) is 3.23. The van der Waals surface area contributed by atoms with Gasteiger partial charge in [-0.05, 0) is 30.9 Å².